The zero-order chi connectivity index (χ0) is 15.8. The van der Waals surface area contributed by atoms with E-state index in [2.05, 4.69) is 22.3 Å². The molecule has 4 rings (SSSR count). The number of ketones is 1. The Hall–Kier alpha value is -2.14. The quantitative estimate of drug-likeness (QED) is 0.544. The third-order valence-corrected chi connectivity index (χ3v) is 5.37. The van der Waals surface area contributed by atoms with Crippen LogP contribution in [0.2, 0.25) is 0 Å². The van der Waals surface area contributed by atoms with E-state index in [4.69, 9.17) is 0 Å². The molecule has 0 unspecified atom stereocenters. The Morgan fingerprint density at radius 2 is 2.04 bits per heavy atom. The second-order valence-corrected chi connectivity index (χ2v) is 7.18. The summed E-state index contributed by atoms with van der Waals surface area (Å²) in [5, 5.41) is 8.88. The van der Waals surface area contributed by atoms with Crippen LogP contribution in [0.3, 0.4) is 0 Å². The fourth-order valence-electron chi connectivity index (χ4n) is 3.07. The number of carbonyl (C=O) groups excluding carboxylic acids is 1. The maximum absolute atomic E-state index is 12.7. The highest BCUT2D eigenvalue weighted by molar-refractivity contribution is 8.00. The van der Waals surface area contributed by atoms with Gasteiger partial charge in [0, 0.05) is 11.8 Å². The maximum Gasteiger partial charge on any atom is 0.196 e. The van der Waals surface area contributed by atoms with Crippen LogP contribution in [0, 0.1) is 0 Å². The van der Waals surface area contributed by atoms with Crippen LogP contribution < -0.4 is 0 Å². The van der Waals surface area contributed by atoms with E-state index in [0.717, 1.165) is 29.2 Å². The molecule has 2 aromatic heterocycles. The van der Waals surface area contributed by atoms with Crippen molar-refractivity contribution in [2.24, 2.45) is 0 Å². The van der Waals surface area contributed by atoms with Gasteiger partial charge in [0.05, 0.1) is 5.25 Å². The van der Waals surface area contributed by atoms with Crippen molar-refractivity contribution in [1.29, 1.82) is 0 Å². The minimum Gasteiger partial charge on any atom is -0.293 e. The van der Waals surface area contributed by atoms with Crippen molar-refractivity contribution < 1.29 is 4.79 Å². The van der Waals surface area contributed by atoms with Crippen molar-refractivity contribution in [3.8, 4) is 0 Å². The number of aryl methyl sites for hydroxylation is 2. The number of pyridine rings is 1. The van der Waals surface area contributed by atoms with Crippen LogP contribution in [0.25, 0.3) is 5.65 Å². The molecule has 1 aromatic carbocycles. The first-order valence-electron chi connectivity index (χ1n) is 7.85. The Balaban J connectivity index is 1.56. The number of nitrogens with zero attached hydrogens (tertiary/aromatic N) is 3. The Kier molecular flexibility index (Phi) is 3.65. The van der Waals surface area contributed by atoms with Gasteiger partial charge in [0.2, 0.25) is 0 Å². The molecule has 0 N–H and O–H groups in total. The van der Waals surface area contributed by atoms with Crippen molar-refractivity contribution >= 4 is 23.2 Å². The average Bonchev–Trinajstić information content (AvgIpc) is 3.20. The summed E-state index contributed by atoms with van der Waals surface area (Å²) in [5.74, 6) is 0.150. The predicted molar refractivity (Wildman–Crippen MR) is 91.1 cm³/mol. The van der Waals surface area contributed by atoms with Crippen LogP contribution in [0.4, 0.5) is 0 Å². The van der Waals surface area contributed by atoms with Gasteiger partial charge in [0.1, 0.15) is 0 Å². The topological polar surface area (TPSA) is 47.3 Å². The number of Topliss-reactive ketones (excluding diaryl/α,β-unsaturated/α-hetero) is 1. The Morgan fingerprint density at radius 1 is 1.17 bits per heavy atom. The Bertz CT molecular complexity index is 887. The summed E-state index contributed by atoms with van der Waals surface area (Å²) in [5.41, 5.74) is 4.33. The van der Waals surface area contributed by atoms with Gasteiger partial charge >= 0.3 is 0 Å². The second kappa shape index (κ2) is 5.81. The molecule has 0 amide bonds. The number of thioether (sulfide) groups is 1. The monoisotopic (exact) mass is 323 g/mol. The number of benzene rings is 1. The van der Waals surface area contributed by atoms with Gasteiger partial charge < -0.3 is 0 Å². The van der Waals surface area contributed by atoms with Crippen LogP contribution in [0.15, 0.2) is 47.8 Å². The van der Waals surface area contributed by atoms with Gasteiger partial charge in [-0.25, -0.2) is 0 Å². The zero-order valence-electron chi connectivity index (χ0n) is 12.9. The lowest BCUT2D eigenvalue weighted by Gasteiger charge is -2.10. The molecule has 0 saturated carbocycles. The van der Waals surface area contributed by atoms with Gasteiger partial charge in [-0.05, 0) is 55.5 Å². The standard InChI is InChI=1S/C18H17N3OS/c1-12(23-18-20-19-16-7-2-3-10-21(16)18)17(22)15-9-8-13-5-4-6-14(13)11-15/h2-3,7-12H,4-6H2,1H3/t12-/m1/s1. The molecule has 0 fully saturated rings. The third kappa shape index (κ3) is 2.65. The molecule has 1 atom stereocenters. The first-order chi connectivity index (χ1) is 11.2. The fourth-order valence-corrected chi connectivity index (χ4v) is 3.99. The molecular weight excluding hydrogens is 306 g/mol. The smallest absolute Gasteiger partial charge is 0.196 e. The molecule has 0 radical (unpaired) electrons. The molecule has 1 aliphatic carbocycles. The van der Waals surface area contributed by atoms with Crippen molar-refractivity contribution in [3.63, 3.8) is 0 Å². The number of hydrogen-bond acceptors (Lipinski definition) is 4. The van der Waals surface area contributed by atoms with Crippen molar-refractivity contribution in [1.82, 2.24) is 14.6 Å². The number of fused-ring (bicyclic) bond motifs is 2. The van der Waals surface area contributed by atoms with E-state index in [1.807, 2.05) is 41.8 Å². The molecule has 3 aromatic rings. The highest BCUT2D eigenvalue weighted by atomic mass is 32.2. The molecule has 4 nitrogen and oxygen atoms in total. The van der Waals surface area contributed by atoms with Gasteiger partial charge in [-0.2, -0.15) is 0 Å². The van der Waals surface area contributed by atoms with Gasteiger partial charge in [-0.15, -0.1) is 10.2 Å². The van der Waals surface area contributed by atoms with Gasteiger partial charge in [0.15, 0.2) is 16.6 Å². The Morgan fingerprint density at radius 3 is 2.96 bits per heavy atom. The molecule has 23 heavy (non-hydrogen) atoms. The van der Waals surface area contributed by atoms with Crippen LogP contribution in [-0.4, -0.2) is 25.6 Å². The van der Waals surface area contributed by atoms with E-state index in [0.29, 0.717) is 0 Å². The van der Waals surface area contributed by atoms with E-state index < -0.39 is 0 Å². The zero-order valence-corrected chi connectivity index (χ0v) is 13.7. The van der Waals surface area contributed by atoms with E-state index >= 15 is 0 Å². The molecule has 5 heteroatoms. The van der Waals surface area contributed by atoms with Gasteiger partial charge in [0.25, 0.3) is 0 Å². The van der Waals surface area contributed by atoms with Crippen LogP contribution in [0.1, 0.15) is 34.8 Å². The van der Waals surface area contributed by atoms with Crippen molar-refractivity contribution in [3.05, 3.63) is 59.3 Å². The lowest BCUT2D eigenvalue weighted by molar-refractivity contribution is 0.0994. The molecule has 0 spiro atoms. The maximum atomic E-state index is 12.7. The van der Waals surface area contributed by atoms with Gasteiger partial charge in [-0.3, -0.25) is 9.20 Å². The summed E-state index contributed by atoms with van der Waals surface area (Å²) >= 11 is 1.46. The molecular formula is C18H17N3OS. The first-order valence-corrected chi connectivity index (χ1v) is 8.73. The number of hydrogen-bond donors (Lipinski definition) is 0. The summed E-state index contributed by atoms with van der Waals surface area (Å²) in [4.78, 5) is 12.7. The number of aromatic nitrogens is 3. The molecule has 1 aliphatic rings. The van der Waals surface area contributed by atoms with Gasteiger partial charge in [-0.1, -0.05) is 30.0 Å². The summed E-state index contributed by atoms with van der Waals surface area (Å²) in [6, 6.07) is 11.9. The van der Waals surface area contributed by atoms with E-state index in [-0.39, 0.29) is 11.0 Å². The molecule has 0 aliphatic heterocycles. The lowest BCUT2D eigenvalue weighted by atomic mass is 10.0. The van der Waals surface area contributed by atoms with E-state index in [1.54, 1.807) is 0 Å². The van der Waals surface area contributed by atoms with Crippen molar-refractivity contribution in [2.45, 2.75) is 36.6 Å². The summed E-state index contributed by atoms with van der Waals surface area (Å²) in [6.45, 7) is 1.93. The minimum absolute atomic E-state index is 0.150. The van der Waals surface area contributed by atoms with Crippen LogP contribution >= 0.6 is 11.8 Å². The fraction of sp³-hybridized carbons (Fsp3) is 0.278. The third-order valence-electron chi connectivity index (χ3n) is 4.32. The average molecular weight is 323 g/mol. The number of carbonyl (C=O) groups is 1. The predicted octanol–water partition coefficient (Wildman–Crippen LogP) is 3.58. The normalized spacial score (nSPS) is 14.8. The highest BCUT2D eigenvalue weighted by Crippen LogP contribution is 2.27. The highest BCUT2D eigenvalue weighted by Gasteiger charge is 2.21. The Labute approximate surface area is 138 Å². The largest absolute Gasteiger partial charge is 0.293 e. The lowest BCUT2D eigenvalue weighted by Crippen LogP contribution is -2.14. The van der Waals surface area contributed by atoms with Crippen LogP contribution in [-0.2, 0) is 12.8 Å². The first kappa shape index (κ1) is 14.5. The minimum atomic E-state index is -0.193. The van der Waals surface area contributed by atoms with Crippen LogP contribution in [0.5, 0.6) is 0 Å². The molecule has 2 heterocycles. The second-order valence-electron chi connectivity index (χ2n) is 5.87. The summed E-state index contributed by atoms with van der Waals surface area (Å²) < 4.78 is 1.91. The summed E-state index contributed by atoms with van der Waals surface area (Å²) in [6.07, 6.45) is 5.35. The number of rotatable bonds is 4. The molecule has 116 valence electrons. The molecule has 0 bridgehead atoms. The SMILES string of the molecule is C[C@@H](Sc1nnc2ccccn12)C(=O)c1ccc2c(c1)CCC2. The van der Waals surface area contributed by atoms with E-state index in [1.165, 1.54) is 29.3 Å². The van der Waals surface area contributed by atoms with Crippen molar-refractivity contribution in [2.75, 3.05) is 0 Å². The van der Waals surface area contributed by atoms with E-state index in [9.17, 15) is 4.79 Å². The molecule has 0 saturated heterocycles. The summed E-state index contributed by atoms with van der Waals surface area (Å²) in [7, 11) is 0.